The number of benzene rings is 3. The number of nitro benzene ring substituents is 1. The van der Waals surface area contributed by atoms with Crippen molar-refractivity contribution in [2.45, 2.75) is 30.6 Å². The lowest BCUT2D eigenvalue weighted by Crippen LogP contribution is -1.96. The molecule has 30 heavy (non-hydrogen) atoms. The molecule has 3 rings (SSSR count). The van der Waals surface area contributed by atoms with Gasteiger partial charge in [-0.15, -0.1) is 0 Å². The molecule has 0 saturated heterocycles. The molecule has 0 bridgehead atoms. The minimum Gasteiger partial charge on any atom is -0.495 e. The van der Waals surface area contributed by atoms with Gasteiger partial charge >= 0.3 is 0 Å². The van der Waals surface area contributed by atoms with Crippen LogP contribution in [0.15, 0.2) is 82.6 Å². The smallest absolute Gasteiger partial charge is 0.269 e. The molecule has 158 valence electrons. The van der Waals surface area contributed by atoms with E-state index in [2.05, 4.69) is 5.32 Å². The molecule has 6 nitrogen and oxygen atoms in total. The Bertz CT molecular complexity index is 930. The molecule has 0 aromatic heterocycles. The highest BCUT2D eigenvalue weighted by Crippen LogP contribution is 2.30. The summed E-state index contributed by atoms with van der Waals surface area (Å²) in [5.74, 6) is 0.666. The van der Waals surface area contributed by atoms with E-state index in [1.165, 1.54) is 22.6 Å². The van der Waals surface area contributed by atoms with Crippen LogP contribution < -0.4 is 10.1 Å². The van der Waals surface area contributed by atoms with Crippen LogP contribution in [0, 0.1) is 17.0 Å². The van der Waals surface area contributed by atoms with Gasteiger partial charge in [0.2, 0.25) is 6.41 Å². The molecule has 0 spiro atoms. The third-order valence-corrected chi connectivity index (χ3v) is 4.88. The molecular formula is C23H26N2O4S. The van der Waals surface area contributed by atoms with Gasteiger partial charge in [-0.3, -0.25) is 14.9 Å². The minimum atomic E-state index is -0.387. The standard InChI is InChI=1S/C13H11NO2S.C8H9NO2.C2H6/c1-10-4-2-3-5-13(10)17-12-8-6-11(7-9-12)14(15)16;1-11-8-5-3-2-4-7(8)9-6-10;1-2/h2-9H,1H3;2-6H,1H3,(H,9,10);1-2H3. The number of carbonyl (C=O) groups is 1. The first-order chi connectivity index (χ1) is 14.5. The Hall–Kier alpha value is -3.32. The number of carbonyl (C=O) groups excluding carboxylic acids is 1. The summed E-state index contributed by atoms with van der Waals surface area (Å²) >= 11 is 1.61. The third kappa shape index (κ3) is 7.97. The van der Waals surface area contributed by atoms with Crippen molar-refractivity contribution >= 4 is 29.5 Å². The third-order valence-electron chi connectivity index (χ3n) is 3.69. The van der Waals surface area contributed by atoms with Gasteiger partial charge in [-0.25, -0.2) is 0 Å². The van der Waals surface area contributed by atoms with Gasteiger partial charge in [0.25, 0.3) is 5.69 Å². The molecule has 7 heteroatoms. The summed E-state index contributed by atoms with van der Waals surface area (Å²) < 4.78 is 4.98. The molecule has 0 aliphatic rings. The number of aryl methyl sites for hydroxylation is 1. The molecule has 0 heterocycles. The SMILES string of the molecule is CC.COc1ccccc1NC=O.Cc1ccccc1Sc1ccc([N+](=O)[O-])cc1. The molecule has 1 amide bonds. The highest BCUT2D eigenvalue weighted by atomic mass is 32.2. The van der Waals surface area contributed by atoms with Gasteiger partial charge in [0.05, 0.1) is 17.7 Å². The first kappa shape index (κ1) is 24.7. The molecule has 0 aliphatic carbocycles. The van der Waals surface area contributed by atoms with Crippen LogP contribution >= 0.6 is 11.8 Å². The van der Waals surface area contributed by atoms with Crippen molar-refractivity contribution in [1.82, 2.24) is 0 Å². The van der Waals surface area contributed by atoms with Gasteiger partial charge in [0, 0.05) is 21.9 Å². The lowest BCUT2D eigenvalue weighted by Gasteiger charge is -2.04. The minimum absolute atomic E-state index is 0.124. The van der Waals surface area contributed by atoms with Crippen LogP contribution in [0.5, 0.6) is 5.75 Å². The van der Waals surface area contributed by atoms with Gasteiger partial charge < -0.3 is 10.1 Å². The molecule has 0 radical (unpaired) electrons. The summed E-state index contributed by atoms with van der Waals surface area (Å²) in [6.45, 7) is 6.05. The average Bonchev–Trinajstić information content (AvgIpc) is 2.78. The monoisotopic (exact) mass is 426 g/mol. The molecule has 0 unspecified atom stereocenters. The Kier molecular flexibility index (Phi) is 11.4. The molecule has 0 saturated carbocycles. The first-order valence-electron chi connectivity index (χ1n) is 9.36. The number of non-ortho nitro benzene ring substituents is 1. The predicted octanol–water partition coefficient (Wildman–Crippen LogP) is 6.34. The molecule has 1 N–H and O–H groups in total. The lowest BCUT2D eigenvalue weighted by atomic mass is 10.2. The number of nitrogens with one attached hydrogen (secondary N) is 1. The van der Waals surface area contributed by atoms with Crippen molar-refractivity contribution in [1.29, 1.82) is 0 Å². The van der Waals surface area contributed by atoms with E-state index in [0.29, 0.717) is 17.8 Å². The number of rotatable bonds is 6. The number of anilines is 1. The Balaban J connectivity index is 0.000000300. The zero-order valence-corrected chi connectivity index (χ0v) is 18.3. The number of para-hydroxylation sites is 2. The summed E-state index contributed by atoms with van der Waals surface area (Å²) in [5, 5.41) is 13.0. The quantitative estimate of drug-likeness (QED) is 0.282. The fourth-order valence-corrected chi connectivity index (χ4v) is 3.16. The summed E-state index contributed by atoms with van der Waals surface area (Å²) in [4.78, 5) is 22.4. The average molecular weight is 427 g/mol. The van der Waals surface area contributed by atoms with E-state index >= 15 is 0 Å². The number of methoxy groups -OCH3 is 1. The molecule has 0 atom stereocenters. The van der Waals surface area contributed by atoms with Gasteiger partial charge in [0.1, 0.15) is 5.75 Å². The van der Waals surface area contributed by atoms with E-state index in [1.54, 1.807) is 43.1 Å². The van der Waals surface area contributed by atoms with Crippen LogP contribution in [-0.2, 0) is 4.79 Å². The van der Waals surface area contributed by atoms with Gasteiger partial charge in [-0.2, -0.15) is 0 Å². The topological polar surface area (TPSA) is 81.5 Å². The van der Waals surface area contributed by atoms with Crippen LogP contribution in [0.1, 0.15) is 19.4 Å². The maximum absolute atomic E-state index is 10.5. The van der Waals surface area contributed by atoms with Crippen molar-refractivity contribution in [3.8, 4) is 5.75 Å². The number of ether oxygens (including phenoxy) is 1. The van der Waals surface area contributed by atoms with E-state index < -0.39 is 0 Å². The fraction of sp³-hybridized carbons (Fsp3) is 0.174. The van der Waals surface area contributed by atoms with E-state index in [1.807, 2.05) is 57.2 Å². The summed E-state index contributed by atoms with van der Waals surface area (Å²) in [7, 11) is 1.56. The fourth-order valence-electron chi connectivity index (χ4n) is 2.26. The molecular weight excluding hydrogens is 400 g/mol. The largest absolute Gasteiger partial charge is 0.495 e. The van der Waals surface area contributed by atoms with E-state index in [-0.39, 0.29) is 10.6 Å². The number of nitrogens with zero attached hydrogens (tertiary/aromatic N) is 1. The molecule has 3 aromatic carbocycles. The van der Waals surface area contributed by atoms with E-state index in [0.717, 1.165) is 4.90 Å². The van der Waals surface area contributed by atoms with E-state index in [4.69, 9.17) is 4.74 Å². The first-order valence-corrected chi connectivity index (χ1v) is 10.2. The van der Waals surface area contributed by atoms with E-state index in [9.17, 15) is 14.9 Å². The van der Waals surface area contributed by atoms with Crippen molar-refractivity contribution in [3.05, 3.63) is 88.5 Å². The van der Waals surface area contributed by atoms with Crippen molar-refractivity contribution in [2.75, 3.05) is 12.4 Å². The Morgan fingerprint density at radius 1 is 0.967 bits per heavy atom. The second-order valence-corrected chi connectivity index (χ2v) is 6.70. The molecule has 3 aromatic rings. The van der Waals surface area contributed by atoms with Crippen LogP contribution in [-0.4, -0.2) is 18.4 Å². The second-order valence-electron chi connectivity index (χ2n) is 5.58. The Morgan fingerprint density at radius 3 is 2.13 bits per heavy atom. The lowest BCUT2D eigenvalue weighted by molar-refractivity contribution is -0.384. The molecule has 0 fully saturated rings. The predicted molar refractivity (Wildman–Crippen MR) is 122 cm³/mol. The highest BCUT2D eigenvalue weighted by Gasteiger charge is 2.05. The summed E-state index contributed by atoms with van der Waals surface area (Å²) in [6, 6.07) is 21.9. The normalized spacial score (nSPS) is 9.20. The van der Waals surface area contributed by atoms with Crippen LogP contribution in [0.2, 0.25) is 0 Å². The van der Waals surface area contributed by atoms with Crippen LogP contribution in [0.4, 0.5) is 11.4 Å². The zero-order chi connectivity index (χ0) is 22.4. The van der Waals surface area contributed by atoms with Gasteiger partial charge in [0.15, 0.2) is 0 Å². The number of hydrogen-bond donors (Lipinski definition) is 1. The maximum atomic E-state index is 10.5. The van der Waals surface area contributed by atoms with Crippen LogP contribution in [0.25, 0.3) is 0 Å². The van der Waals surface area contributed by atoms with Crippen molar-refractivity contribution < 1.29 is 14.5 Å². The highest BCUT2D eigenvalue weighted by molar-refractivity contribution is 7.99. The van der Waals surface area contributed by atoms with Crippen LogP contribution in [0.3, 0.4) is 0 Å². The molecule has 0 aliphatic heterocycles. The van der Waals surface area contributed by atoms with Crippen molar-refractivity contribution in [3.63, 3.8) is 0 Å². The number of amides is 1. The Morgan fingerprint density at radius 2 is 1.57 bits per heavy atom. The van der Waals surface area contributed by atoms with Gasteiger partial charge in [-0.05, 0) is 42.8 Å². The number of hydrogen-bond acceptors (Lipinski definition) is 5. The second kappa shape index (κ2) is 13.8. The maximum Gasteiger partial charge on any atom is 0.269 e. The summed E-state index contributed by atoms with van der Waals surface area (Å²) in [5.41, 5.74) is 2.01. The van der Waals surface area contributed by atoms with Gasteiger partial charge in [-0.1, -0.05) is 55.9 Å². The number of nitro groups is 1. The van der Waals surface area contributed by atoms with Crippen molar-refractivity contribution in [2.24, 2.45) is 0 Å². The zero-order valence-electron chi connectivity index (χ0n) is 17.5. The summed E-state index contributed by atoms with van der Waals surface area (Å²) in [6.07, 6.45) is 0.623. The Labute approximate surface area is 181 Å².